The lowest BCUT2D eigenvalue weighted by atomic mass is 9.99. The van der Waals surface area contributed by atoms with E-state index in [0.717, 1.165) is 48.8 Å². The maximum Gasteiger partial charge on any atom is 0.150 e. The zero-order valence-electron chi connectivity index (χ0n) is 14.8. The first-order chi connectivity index (χ1) is 12.2. The summed E-state index contributed by atoms with van der Waals surface area (Å²) in [6.45, 7) is 8.55. The molecule has 3 aromatic rings. The second-order valence-electron chi connectivity index (χ2n) is 7.36. The molecule has 0 unspecified atom stereocenters. The summed E-state index contributed by atoms with van der Waals surface area (Å²) in [5, 5.41) is 4.72. The molecule has 1 N–H and O–H groups in total. The smallest absolute Gasteiger partial charge is 0.150 e. The Morgan fingerprint density at radius 1 is 1.12 bits per heavy atom. The predicted octanol–water partition coefficient (Wildman–Crippen LogP) is 3.26. The molecule has 25 heavy (non-hydrogen) atoms. The molecule has 0 radical (unpaired) electrons. The van der Waals surface area contributed by atoms with Crippen LogP contribution in [0.4, 0.5) is 5.82 Å². The number of anilines is 1. The summed E-state index contributed by atoms with van der Waals surface area (Å²) >= 11 is 1.78. The van der Waals surface area contributed by atoms with E-state index in [1.54, 1.807) is 17.7 Å². The lowest BCUT2D eigenvalue weighted by molar-refractivity contribution is 0.586. The molecule has 1 aliphatic carbocycles. The number of pyridine rings is 1. The summed E-state index contributed by atoms with van der Waals surface area (Å²) in [6, 6.07) is 0. The highest BCUT2D eigenvalue weighted by atomic mass is 32.1. The van der Waals surface area contributed by atoms with Gasteiger partial charge in [-0.2, -0.15) is 0 Å². The van der Waals surface area contributed by atoms with Crippen molar-refractivity contribution in [1.29, 1.82) is 0 Å². The number of piperazine rings is 1. The highest BCUT2D eigenvalue weighted by molar-refractivity contribution is 7.26. The first-order valence-corrected chi connectivity index (χ1v) is 10.1. The average molecular weight is 353 g/mol. The Balaban J connectivity index is 1.79. The van der Waals surface area contributed by atoms with Crippen molar-refractivity contribution in [2.75, 3.05) is 31.1 Å². The minimum Gasteiger partial charge on any atom is -0.353 e. The minimum absolute atomic E-state index is 0.472. The molecule has 1 saturated heterocycles. The van der Waals surface area contributed by atoms with Crippen LogP contribution in [0.5, 0.6) is 0 Å². The largest absolute Gasteiger partial charge is 0.353 e. The predicted molar refractivity (Wildman–Crippen MR) is 104 cm³/mol. The number of aryl methyl sites for hydroxylation is 1. The van der Waals surface area contributed by atoms with E-state index in [2.05, 4.69) is 29.0 Å². The zero-order valence-corrected chi connectivity index (χ0v) is 15.6. The van der Waals surface area contributed by atoms with Crippen molar-refractivity contribution >= 4 is 37.6 Å². The van der Waals surface area contributed by atoms with E-state index in [-0.39, 0.29) is 0 Å². The van der Waals surface area contributed by atoms with Gasteiger partial charge >= 0.3 is 0 Å². The average Bonchev–Trinajstić information content (AvgIpc) is 3.25. The fourth-order valence-corrected chi connectivity index (χ4v) is 5.48. The van der Waals surface area contributed by atoms with E-state index in [4.69, 9.17) is 9.97 Å². The van der Waals surface area contributed by atoms with Crippen molar-refractivity contribution in [3.05, 3.63) is 23.1 Å². The number of fused-ring (bicyclic) bond motifs is 5. The van der Waals surface area contributed by atoms with Gasteiger partial charge in [0.2, 0.25) is 0 Å². The summed E-state index contributed by atoms with van der Waals surface area (Å²) < 4.78 is 1.21. The van der Waals surface area contributed by atoms with Crippen LogP contribution in [0.2, 0.25) is 0 Å². The number of hydrogen-bond acceptors (Lipinski definition) is 6. The van der Waals surface area contributed by atoms with Crippen molar-refractivity contribution < 1.29 is 0 Å². The number of hydrogen-bond donors (Lipinski definition) is 1. The molecule has 5 nitrogen and oxygen atoms in total. The van der Waals surface area contributed by atoms with Crippen LogP contribution in [0.25, 0.3) is 20.4 Å². The summed E-state index contributed by atoms with van der Waals surface area (Å²) in [5.74, 6) is 1.56. The Hall–Kier alpha value is -1.79. The Labute approximate surface area is 151 Å². The van der Waals surface area contributed by atoms with Gasteiger partial charge in [-0.3, -0.25) is 0 Å². The third-order valence-electron chi connectivity index (χ3n) is 5.45. The lowest BCUT2D eigenvalue weighted by Crippen LogP contribution is -2.43. The van der Waals surface area contributed by atoms with Crippen molar-refractivity contribution in [3.8, 4) is 0 Å². The monoisotopic (exact) mass is 353 g/mol. The SMILES string of the molecule is CC(C)c1nc2sc3c(N4CCNCC4)ncnc3c2c2c1CCC2. The molecule has 0 atom stereocenters. The Morgan fingerprint density at radius 2 is 1.92 bits per heavy atom. The van der Waals surface area contributed by atoms with E-state index in [9.17, 15) is 0 Å². The van der Waals surface area contributed by atoms with Crippen molar-refractivity contribution in [3.63, 3.8) is 0 Å². The fraction of sp³-hybridized carbons (Fsp3) is 0.526. The van der Waals surface area contributed by atoms with E-state index in [1.165, 1.54) is 39.7 Å². The van der Waals surface area contributed by atoms with Gasteiger partial charge < -0.3 is 10.2 Å². The standard InChI is InChI=1S/C19H23N5S/c1-11(2)15-13-5-3-4-12(13)14-16-17(25-19(14)23-15)18(22-10-21-16)24-8-6-20-7-9-24/h10-11,20H,3-9H2,1-2H3. The van der Waals surface area contributed by atoms with Gasteiger partial charge in [-0.15, -0.1) is 11.3 Å². The fourth-order valence-electron chi connectivity index (χ4n) is 4.29. The van der Waals surface area contributed by atoms with Crippen molar-refractivity contribution in [2.24, 2.45) is 0 Å². The number of nitrogens with one attached hydrogen (secondary N) is 1. The Morgan fingerprint density at radius 3 is 2.72 bits per heavy atom. The van der Waals surface area contributed by atoms with E-state index >= 15 is 0 Å². The normalized spacial score (nSPS) is 17.8. The van der Waals surface area contributed by atoms with Gasteiger partial charge in [-0.05, 0) is 36.3 Å². The summed E-state index contributed by atoms with van der Waals surface area (Å²) in [4.78, 5) is 18.0. The molecule has 4 heterocycles. The first-order valence-electron chi connectivity index (χ1n) is 9.28. The maximum absolute atomic E-state index is 5.09. The third-order valence-corrected chi connectivity index (χ3v) is 6.52. The molecular formula is C19H23N5S. The van der Waals surface area contributed by atoms with Crippen LogP contribution in [0.1, 0.15) is 43.0 Å². The highest BCUT2D eigenvalue weighted by Crippen LogP contribution is 2.42. The van der Waals surface area contributed by atoms with Crippen LogP contribution in [-0.2, 0) is 12.8 Å². The minimum atomic E-state index is 0.472. The van der Waals surface area contributed by atoms with Crippen LogP contribution in [0.3, 0.4) is 0 Å². The second-order valence-corrected chi connectivity index (χ2v) is 8.36. The molecule has 0 aromatic carbocycles. The van der Waals surface area contributed by atoms with Crippen molar-refractivity contribution in [2.45, 2.75) is 39.0 Å². The second kappa shape index (κ2) is 5.88. The lowest BCUT2D eigenvalue weighted by Gasteiger charge is -2.28. The molecule has 1 fully saturated rings. The Kier molecular flexibility index (Phi) is 3.64. The van der Waals surface area contributed by atoms with E-state index < -0.39 is 0 Å². The molecule has 5 rings (SSSR count). The quantitative estimate of drug-likeness (QED) is 0.766. The van der Waals surface area contributed by atoms with Gasteiger partial charge in [0, 0.05) is 37.3 Å². The van der Waals surface area contributed by atoms with Gasteiger partial charge in [0.05, 0.1) is 10.2 Å². The number of rotatable bonds is 2. The molecule has 0 spiro atoms. The molecule has 0 bridgehead atoms. The van der Waals surface area contributed by atoms with Crippen LogP contribution < -0.4 is 10.2 Å². The molecule has 6 heteroatoms. The number of aromatic nitrogens is 3. The molecule has 130 valence electrons. The first kappa shape index (κ1) is 15.5. The van der Waals surface area contributed by atoms with Crippen LogP contribution in [0.15, 0.2) is 6.33 Å². The van der Waals surface area contributed by atoms with Crippen molar-refractivity contribution in [1.82, 2.24) is 20.3 Å². The van der Waals surface area contributed by atoms with E-state index in [0.29, 0.717) is 5.92 Å². The zero-order chi connectivity index (χ0) is 17.0. The maximum atomic E-state index is 5.09. The van der Waals surface area contributed by atoms with Gasteiger partial charge in [-0.1, -0.05) is 13.8 Å². The summed E-state index contributed by atoms with van der Waals surface area (Å²) in [6.07, 6.45) is 5.30. The summed E-state index contributed by atoms with van der Waals surface area (Å²) in [7, 11) is 0. The van der Waals surface area contributed by atoms with Gasteiger partial charge in [0.1, 0.15) is 17.0 Å². The van der Waals surface area contributed by atoms with Gasteiger partial charge in [0.15, 0.2) is 0 Å². The molecule has 3 aromatic heterocycles. The van der Waals surface area contributed by atoms with E-state index in [1.807, 2.05) is 0 Å². The molecule has 2 aliphatic rings. The highest BCUT2D eigenvalue weighted by Gasteiger charge is 2.26. The third kappa shape index (κ3) is 2.34. The van der Waals surface area contributed by atoms with Gasteiger partial charge in [0.25, 0.3) is 0 Å². The van der Waals surface area contributed by atoms with Crippen LogP contribution >= 0.6 is 11.3 Å². The van der Waals surface area contributed by atoms with Crippen LogP contribution in [-0.4, -0.2) is 41.1 Å². The number of nitrogens with zero attached hydrogens (tertiary/aromatic N) is 4. The summed E-state index contributed by atoms with van der Waals surface area (Å²) in [5.41, 5.74) is 5.40. The van der Waals surface area contributed by atoms with Gasteiger partial charge in [-0.25, -0.2) is 15.0 Å². The molecule has 0 saturated carbocycles. The van der Waals surface area contributed by atoms with Crippen LogP contribution in [0, 0.1) is 0 Å². The number of thiophene rings is 1. The molecule has 1 aliphatic heterocycles. The molecular weight excluding hydrogens is 330 g/mol. The topological polar surface area (TPSA) is 53.9 Å². The Bertz CT molecular complexity index is 955. The molecule has 0 amide bonds.